The summed E-state index contributed by atoms with van der Waals surface area (Å²) in [6.45, 7) is 3.66. The lowest BCUT2D eigenvalue weighted by Crippen LogP contribution is -2.62. The molecule has 0 radical (unpaired) electrons. The van der Waals surface area contributed by atoms with E-state index < -0.39 is 0 Å². The monoisotopic (exact) mass is 234 g/mol. The van der Waals surface area contributed by atoms with E-state index >= 15 is 0 Å². The van der Waals surface area contributed by atoms with Crippen molar-refractivity contribution in [1.82, 2.24) is 9.80 Å². The molecule has 4 aliphatic heterocycles. The van der Waals surface area contributed by atoms with Crippen molar-refractivity contribution < 1.29 is 4.79 Å². The molecule has 0 aromatic carbocycles. The van der Waals surface area contributed by atoms with Gasteiger partial charge in [-0.3, -0.25) is 9.69 Å². The van der Waals surface area contributed by atoms with E-state index in [1.54, 1.807) is 0 Å². The van der Waals surface area contributed by atoms with Crippen LogP contribution in [-0.4, -0.2) is 47.4 Å². The largest absolute Gasteiger partial charge is 0.339 e. The normalized spacial score (nSPS) is 45.6. The fraction of sp³-hybridized carbons (Fsp3) is 0.929. The predicted molar refractivity (Wildman–Crippen MR) is 65.5 cm³/mol. The zero-order valence-corrected chi connectivity index (χ0v) is 10.5. The molecule has 3 nitrogen and oxygen atoms in total. The molecular formula is C14H22N2O. The number of piperidine rings is 3. The van der Waals surface area contributed by atoms with Crippen LogP contribution in [0, 0.1) is 11.8 Å². The van der Waals surface area contributed by atoms with Crippen molar-refractivity contribution in [2.24, 2.45) is 11.8 Å². The molecule has 4 fully saturated rings. The average Bonchev–Trinajstić information content (AvgIpc) is 2.79. The van der Waals surface area contributed by atoms with E-state index in [4.69, 9.17) is 0 Å². The second-order valence-electron chi connectivity index (χ2n) is 6.47. The van der Waals surface area contributed by atoms with E-state index in [1.807, 2.05) is 0 Å². The Kier molecular flexibility index (Phi) is 2.26. The van der Waals surface area contributed by atoms with Gasteiger partial charge in [-0.2, -0.15) is 0 Å². The first-order valence-corrected chi connectivity index (χ1v) is 7.36. The molecule has 4 atom stereocenters. The molecule has 0 aromatic rings. The molecule has 0 unspecified atom stereocenters. The third-order valence-corrected chi connectivity index (χ3v) is 5.62. The predicted octanol–water partition coefficient (Wildman–Crippen LogP) is 1.48. The number of carbonyl (C=O) groups is 1. The van der Waals surface area contributed by atoms with Crippen LogP contribution in [0.4, 0.5) is 0 Å². The van der Waals surface area contributed by atoms with Crippen LogP contribution in [0.5, 0.6) is 0 Å². The molecular weight excluding hydrogens is 212 g/mol. The van der Waals surface area contributed by atoms with Gasteiger partial charge in [-0.05, 0) is 50.5 Å². The number of fused-ring (bicyclic) bond motifs is 6. The summed E-state index contributed by atoms with van der Waals surface area (Å²) < 4.78 is 0. The lowest BCUT2D eigenvalue weighted by atomic mass is 9.73. The summed E-state index contributed by atoms with van der Waals surface area (Å²) >= 11 is 0. The lowest BCUT2D eigenvalue weighted by molar-refractivity contribution is -0.146. The van der Waals surface area contributed by atoms with E-state index in [1.165, 1.54) is 38.8 Å². The van der Waals surface area contributed by atoms with Crippen LogP contribution in [-0.2, 0) is 4.79 Å². The number of hydrogen-bond donors (Lipinski definition) is 0. The van der Waals surface area contributed by atoms with Crippen LogP contribution in [0.2, 0.25) is 0 Å². The van der Waals surface area contributed by atoms with Crippen molar-refractivity contribution in [3.63, 3.8) is 0 Å². The summed E-state index contributed by atoms with van der Waals surface area (Å²) in [6.07, 6.45) is 7.36. The maximum Gasteiger partial charge on any atom is 0.222 e. The smallest absolute Gasteiger partial charge is 0.222 e. The lowest BCUT2D eigenvalue weighted by Gasteiger charge is -2.54. The quantitative estimate of drug-likeness (QED) is 0.634. The molecule has 4 heterocycles. The van der Waals surface area contributed by atoms with Crippen molar-refractivity contribution in [1.29, 1.82) is 0 Å². The Hall–Kier alpha value is -0.570. The molecule has 94 valence electrons. The van der Waals surface area contributed by atoms with E-state index in [9.17, 15) is 4.79 Å². The second kappa shape index (κ2) is 3.71. The molecule has 0 N–H and O–H groups in total. The van der Waals surface area contributed by atoms with Gasteiger partial charge in [0.1, 0.15) is 0 Å². The fourth-order valence-electron chi connectivity index (χ4n) is 4.94. The molecule has 2 bridgehead atoms. The standard InChI is InChI=1S/C14H22N2O/c17-14-5-1-3-13-10-7-11(9-16(13)14)12-4-2-6-15(12)8-10/h10-13H,1-9H2/t10-,11+,12-,13+/m1/s1. The minimum atomic E-state index is 0.447. The maximum absolute atomic E-state index is 12.1. The fourth-order valence-corrected chi connectivity index (χ4v) is 4.94. The Morgan fingerprint density at radius 2 is 1.82 bits per heavy atom. The summed E-state index contributed by atoms with van der Waals surface area (Å²) in [5, 5.41) is 0. The number of rotatable bonds is 0. The second-order valence-corrected chi connectivity index (χ2v) is 6.47. The van der Waals surface area contributed by atoms with Crippen LogP contribution in [0.3, 0.4) is 0 Å². The zero-order chi connectivity index (χ0) is 11.4. The molecule has 4 saturated heterocycles. The van der Waals surface area contributed by atoms with Gasteiger partial charge < -0.3 is 4.90 Å². The minimum absolute atomic E-state index is 0.447. The Labute approximate surface area is 103 Å². The van der Waals surface area contributed by atoms with Crippen LogP contribution in [0.25, 0.3) is 0 Å². The minimum Gasteiger partial charge on any atom is -0.339 e. The molecule has 17 heavy (non-hydrogen) atoms. The molecule has 0 aliphatic carbocycles. The third-order valence-electron chi connectivity index (χ3n) is 5.62. The van der Waals surface area contributed by atoms with E-state index in [0.29, 0.717) is 11.9 Å². The third kappa shape index (κ3) is 1.48. The first-order valence-electron chi connectivity index (χ1n) is 7.36. The average molecular weight is 234 g/mol. The van der Waals surface area contributed by atoms with Crippen molar-refractivity contribution in [3.8, 4) is 0 Å². The molecule has 0 spiro atoms. The van der Waals surface area contributed by atoms with Crippen LogP contribution >= 0.6 is 0 Å². The molecule has 4 aliphatic rings. The number of nitrogens with zero attached hydrogens (tertiary/aromatic N) is 2. The van der Waals surface area contributed by atoms with Crippen molar-refractivity contribution >= 4 is 5.91 Å². The van der Waals surface area contributed by atoms with Gasteiger partial charge in [0.05, 0.1) is 0 Å². The summed E-state index contributed by atoms with van der Waals surface area (Å²) in [6, 6.07) is 1.40. The number of carbonyl (C=O) groups excluding carboxylic acids is 1. The summed E-state index contributed by atoms with van der Waals surface area (Å²) in [7, 11) is 0. The van der Waals surface area contributed by atoms with Gasteiger partial charge in [0.25, 0.3) is 0 Å². The Morgan fingerprint density at radius 3 is 2.76 bits per heavy atom. The first kappa shape index (κ1) is 10.4. The highest BCUT2D eigenvalue weighted by Crippen LogP contribution is 2.43. The van der Waals surface area contributed by atoms with Gasteiger partial charge in [0.15, 0.2) is 0 Å². The highest BCUT2D eigenvalue weighted by molar-refractivity contribution is 5.77. The highest BCUT2D eigenvalue weighted by Gasteiger charge is 2.48. The molecule has 1 amide bonds. The number of hydrogen-bond acceptors (Lipinski definition) is 2. The first-order chi connectivity index (χ1) is 8.33. The van der Waals surface area contributed by atoms with Crippen molar-refractivity contribution in [2.45, 2.75) is 50.6 Å². The van der Waals surface area contributed by atoms with Gasteiger partial charge >= 0.3 is 0 Å². The Bertz CT molecular complexity index is 343. The SMILES string of the molecule is O=C1CCC[C@H]2[C@@H]3C[C@@H](CN12)[C@H]1CCCN1C3. The van der Waals surface area contributed by atoms with Crippen LogP contribution < -0.4 is 0 Å². The summed E-state index contributed by atoms with van der Waals surface area (Å²) in [5.41, 5.74) is 0. The van der Waals surface area contributed by atoms with Gasteiger partial charge in [0.2, 0.25) is 5.91 Å². The molecule has 0 saturated carbocycles. The van der Waals surface area contributed by atoms with Crippen LogP contribution in [0.15, 0.2) is 0 Å². The van der Waals surface area contributed by atoms with Gasteiger partial charge in [0, 0.05) is 31.6 Å². The maximum atomic E-state index is 12.1. The van der Waals surface area contributed by atoms with E-state index in [-0.39, 0.29) is 0 Å². The van der Waals surface area contributed by atoms with E-state index in [2.05, 4.69) is 9.80 Å². The Morgan fingerprint density at radius 1 is 1.00 bits per heavy atom. The topological polar surface area (TPSA) is 23.6 Å². The molecule has 0 aromatic heterocycles. The highest BCUT2D eigenvalue weighted by atomic mass is 16.2. The van der Waals surface area contributed by atoms with Crippen LogP contribution in [0.1, 0.15) is 38.5 Å². The number of amides is 1. The molecule has 3 heteroatoms. The zero-order valence-electron chi connectivity index (χ0n) is 10.5. The summed E-state index contributed by atoms with van der Waals surface area (Å²) in [4.78, 5) is 17.1. The van der Waals surface area contributed by atoms with Gasteiger partial charge in [-0.15, -0.1) is 0 Å². The van der Waals surface area contributed by atoms with Gasteiger partial charge in [-0.25, -0.2) is 0 Å². The molecule has 4 rings (SSSR count). The van der Waals surface area contributed by atoms with E-state index in [0.717, 1.165) is 37.3 Å². The Balaban J connectivity index is 1.62. The van der Waals surface area contributed by atoms with Crippen molar-refractivity contribution in [3.05, 3.63) is 0 Å². The summed E-state index contributed by atoms with van der Waals surface area (Å²) in [5.74, 6) is 2.02. The van der Waals surface area contributed by atoms with Gasteiger partial charge in [-0.1, -0.05) is 0 Å². The van der Waals surface area contributed by atoms with Crippen molar-refractivity contribution in [2.75, 3.05) is 19.6 Å².